The number of nitrogens with zero attached hydrogens (tertiary/aromatic N) is 7. The van der Waals surface area contributed by atoms with E-state index in [-0.39, 0.29) is 18.9 Å². The predicted octanol–water partition coefficient (Wildman–Crippen LogP) is 6.16. The first-order valence-electron chi connectivity index (χ1n) is 18.7. The second-order valence-corrected chi connectivity index (χ2v) is 16.1. The van der Waals surface area contributed by atoms with Gasteiger partial charge in [-0.05, 0) is 108 Å². The van der Waals surface area contributed by atoms with Crippen molar-refractivity contribution in [2.75, 3.05) is 32.9 Å². The van der Waals surface area contributed by atoms with Crippen LogP contribution in [0.5, 0.6) is 11.8 Å². The maximum Gasteiger partial charge on any atom is 0.487 e. The van der Waals surface area contributed by atoms with Crippen LogP contribution in [0.1, 0.15) is 84.3 Å². The predicted molar refractivity (Wildman–Crippen MR) is 208 cm³/mol. The van der Waals surface area contributed by atoms with Crippen LogP contribution in [0.15, 0.2) is 24.3 Å². The maximum atomic E-state index is 16.4. The molecule has 53 heavy (non-hydrogen) atoms. The van der Waals surface area contributed by atoms with Crippen LogP contribution < -0.4 is 9.47 Å². The Morgan fingerprint density at radius 2 is 1.89 bits per heavy atom. The van der Waals surface area contributed by atoms with Crippen molar-refractivity contribution in [3.8, 4) is 22.9 Å². The molecule has 1 N–H and O–H groups in total. The number of aryl methyl sites for hydroxylation is 1. The van der Waals surface area contributed by atoms with Gasteiger partial charge in [-0.3, -0.25) is 9.58 Å². The number of rotatable bonds is 12. The molecule has 7 rings (SSSR count). The lowest BCUT2D eigenvalue weighted by atomic mass is 9.89. The third-order valence-corrected chi connectivity index (χ3v) is 11.9. The van der Waals surface area contributed by atoms with Gasteiger partial charge in [0, 0.05) is 43.8 Å². The first-order valence-corrected chi connectivity index (χ1v) is 19.7. The molecule has 1 aromatic carbocycles. The summed E-state index contributed by atoms with van der Waals surface area (Å²) in [7, 11) is 1.27. The fraction of sp³-hybridized carbons (Fsp3) is 0.595. The van der Waals surface area contributed by atoms with Crippen molar-refractivity contribution in [1.29, 1.82) is 0 Å². The van der Waals surface area contributed by atoms with Gasteiger partial charge < -0.3 is 28.6 Å². The Hall–Kier alpha value is -3.03. The van der Waals surface area contributed by atoms with E-state index in [0.29, 0.717) is 66.9 Å². The number of hydrogen-bond acceptors (Lipinski definition) is 10. The number of hydrogen-bond donors (Lipinski definition) is 1. The Labute approximate surface area is 324 Å². The summed E-state index contributed by atoms with van der Waals surface area (Å²) in [4.78, 5) is 2.33. The highest BCUT2D eigenvalue weighted by Crippen LogP contribution is 2.40. The summed E-state index contributed by atoms with van der Waals surface area (Å²) in [5.41, 5.74) is 2.33. The normalized spacial score (nSPS) is 22.0. The number of aliphatic hydroxyl groups is 1. The van der Waals surface area contributed by atoms with Crippen LogP contribution in [-0.4, -0.2) is 96.7 Å². The minimum absolute atomic E-state index is 0.0133. The quantitative estimate of drug-likeness (QED) is 0.131. The Morgan fingerprint density at radius 1 is 1.09 bits per heavy atom. The van der Waals surface area contributed by atoms with Gasteiger partial charge in [0.1, 0.15) is 11.9 Å². The molecule has 3 aliphatic heterocycles. The highest BCUT2D eigenvalue weighted by atomic mass is 127. The molecule has 286 valence electrons. The standard InChI is InChI=1S/C37H50BFIN7O6/c1-7-49-34-33(40)31(46(43-34)16-17-48)23-45-15-10-11-24(22-45)51-35-27(21-41-44(35)6)25-19-26-29(13-14-38-52-36(2,3)37(4,5)53-38)42-47(30(26)20-28(25)39)32-12-8-9-18-50-32/h13-14,19-21,24,32,48H,7-12,15-18,22-23H2,1-6H3/b14-13+/t24-,32?/m1/s1. The summed E-state index contributed by atoms with van der Waals surface area (Å²) in [5.74, 6) is 2.57. The van der Waals surface area contributed by atoms with Crippen molar-refractivity contribution in [3.63, 3.8) is 0 Å². The van der Waals surface area contributed by atoms with Crippen LogP contribution in [-0.2, 0) is 34.2 Å². The van der Waals surface area contributed by atoms with Gasteiger partial charge >= 0.3 is 7.12 Å². The topological polar surface area (TPSA) is 123 Å². The molecule has 0 amide bonds. The summed E-state index contributed by atoms with van der Waals surface area (Å²) in [6, 6.07) is 3.40. The fourth-order valence-corrected chi connectivity index (χ4v) is 7.98. The van der Waals surface area contributed by atoms with Crippen molar-refractivity contribution in [3.05, 3.63) is 45.1 Å². The van der Waals surface area contributed by atoms with Gasteiger partial charge in [-0.25, -0.2) is 13.8 Å². The maximum absolute atomic E-state index is 16.4. The molecule has 2 atom stereocenters. The van der Waals surface area contributed by atoms with Gasteiger partial charge in [-0.15, -0.1) is 5.10 Å². The molecule has 0 saturated carbocycles. The molecule has 4 aromatic rings. The minimum atomic E-state index is -0.551. The Kier molecular flexibility index (Phi) is 11.3. The average molecular weight is 846 g/mol. The molecule has 0 spiro atoms. The lowest BCUT2D eigenvalue weighted by molar-refractivity contribution is -0.0367. The molecular weight excluding hydrogens is 795 g/mol. The van der Waals surface area contributed by atoms with Gasteiger partial charge in [0.15, 0.2) is 6.23 Å². The van der Waals surface area contributed by atoms with Gasteiger partial charge in [0.2, 0.25) is 11.8 Å². The Balaban J connectivity index is 1.17. The largest absolute Gasteiger partial charge is 0.487 e. The number of piperidine rings is 1. The van der Waals surface area contributed by atoms with Crippen LogP contribution in [0.25, 0.3) is 28.1 Å². The zero-order valence-electron chi connectivity index (χ0n) is 31.5. The highest BCUT2D eigenvalue weighted by molar-refractivity contribution is 14.1. The van der Waals surface area contributed by atoms with Crippen LogP contribution in [0.4, 0.5) is 4.39 Å². The smallest absolute Gasteiger partial charge is 0.476 e. The number of ether oxygens (including phenoxy) is 3. The molecular formula is C37H50BFIN7O6. The second kappa shape index (κ2) is 15.6. The molecule has 0 radical (unpaired) electrons. The molecule has 13 nitrogen and oxygen atoms in total. The summed E-state index contributed by atoms with van der Waals surface area (Å²) in [6.45, 7) is 13.7. The first kappa shape index (κ1) is 38.3. The van der Waals surface area contributed by atoms with Crippen LogP contribution in [0, 0.1) is 9.39 Å². The summed E-state index contributed by atoms with van der Waals surface area (Å²) in [6.07, 6.45) is 7.73. The van der Waals surface area contributed by atoms with Crippen molar-refractivity contribution in [2.45, 2.75) is 103 Å². The van der Waals surface area contributed by atoms with E-state index >= 15 is 4.39 Å². The van der Waals surface area contributed by atoms with E-state index in [1.165, 1.54) is 0 Å². The molecule has 3 saturated heterocycles. The number of aromatic nitrogens is 6. The van der Waals surface area contributed by atoms with Crippen LogP contribution in [0.3, 0.4) is 0 Å². The zero-order valence-corrected chi connectivity index (χ0v) is 33.6. The lowest BCUT2D eigenvalue weighted by Gasteiger charge is -2.33. The summed E-state index contributed by atoms with van der Waals surface area (Å²) >= 11 is 2.28. The molecule has 3 fully saturated rings. The molecule has 3 aliphatic rings. The number of likely N-dealkylation sites (tertiary alicyclic amines) is 1. The van der Waals surface area contributed by atoms with Crippen molar-refractivity contribution >= 4 is 46.7 Å². The van der Waals surface area contributed by atoms with Crippen molar-refractivity contribution in [2.24, 2.45) is 7.05 Å². The van der Waals surface area contributed by atoms with E-state index in [4.69, 9.17) is 28.6 Å². The van der Waals surface area contributed by atoms with E-state index in [9.17, 15) is 5.11 Å². The number of aliphatic hydroxyl groups excluding tert-OH is 1. The van der Waals surface area contributed by atoms with Crippen molar-refractivity contribution in [1.82, 2.24) is 34.2 Å². The lowest BCUT2D eigenvalue weighted by Crippen LogP contribution is -2.41. The summed E-state index contributed by atoms with van der Waals surface area (Å²) < 4.78 is 53.6. The number of fused-ring (bicyclic) bond motifs is 1. The van der Waals surface area contributed by atoms with Gasteiger partial charge in [-0.2, -0.15) is 10.2 Å². The third kappa shape index (κ3) is 7.76. The molecule has 6 heterocycles. The average Bonchev–Trinajstić information content (AvgIpc) is 3.81. The fourth-order valence-electron chi connectivity index (χ4n) is 7.27. The summed E-state index contributed by atoms with van der Waals surface area (Å²) in [5, 5.41) is 24.5. The second-order valence-electron chi connectivity index (χ2n) is 15.0. The molecule has 0 aliphatic carbocycles. The van der Waals surface area contributed by atoms with Gasteiger partial charge in [0.25, 0.3) is 0 Å². The van der Waals surface area contributed by atoms with Gasteiger partial charge in [-0.1, -0.05) is 5.98 Å². The highest BCUT2D eigenvalue weighted by Gasteiger charge is 2.50. The van der Waals surface area contributed by atoms with E-state index in [2.05, 4.69) is 37.7 Å². The van der Waals surface area contributed by atoms with E-state index in [1.807, 2.05) is 69.1 Å². The van der Waals surface area contributed by atoms with Crippen LogP contribution >= 0.6 is 22.6 Å². The molecule has 16 heteroatoms. The van der Waals surface area contributed by atoms with E-state index in [0.717, 1.165) is 53.3 Å². The SMILES string of the molecule is CCOc1nn(CCO)c(CN2CCC[C@@H](Oc3c(-c4cc5c(/C=C/B6OC(C)(C)C(C)(C)O6)nn(C6CCCCO6)c5cc4F)cnn3C)C2)c1I. The Morgan fingerprint density at radius 3 is 2.60 bits per heavy atom. The van der Waals surface area contributed by atoms with Crippen molar-refractivity contribution < 1.29 is 33.0 Å². The Bertz CT molecular complexity index is 1940. The first-order chi connectivity index (χ1) is 25.4. The van der Waals surface area contributed by atoms with E-state index < -0.39 is 24.1 Å². The monoisotopic (exact) mass is 845 g/mol. The zero-order chi connectivity index (χ0) is 37.5. The van der Waals surface area contributed by atoms with Gasteiger partial charge in [0.05, 0.1) is 63.2 Å². The van der Waals surface area contributed by atoms with E-state index in [1.54, 1.807) is 16.9 Å². The van der Waals surface area contributed by atoms with Crippen LogP contribution in [0.2, 0.25) is 0 Å². The molecule has 0 bridgehead atoms. The third-order valence-electron chi connectivity index (χ3n) is 10.8. The molecule has 1 unspecified atom stereocenters. The number of halogens is 2. The minimum Gasteiger partial charge on any atom is -0.476 e. The molecule has 3 aromatic heterocycles. The number of benzene rings is 1.